The minimum atomic E-state index is -3.56. The molecule has 0 fully saturated rings. The molecular formula is C21H19BrN2O3S. The van der Waals surface area contributed by atoms with Crippen LogP contribution in [0.5, 0.6) is 0 Å². The fourth-order valence-electron chi connectivity index (χ4n) is 2.65. The molecule has 5 nitrogen and oxygen atoms in total. The van der Waals surface area contributed by atoms with Crippen LogP contribution in [-0.4, -0.2) is 20.1 Å². The van der Waals surface area contributed by atoms with E-state index in [0.29, 0.717) is 11.3 Å². The first-order valence-corrected chi connectivity index (χ1v) is 11.2. The third-order valence-electron chi connectivity index (χ3n) is 3.86. The first-order valence-electron chi connectivity index (χ1n) is 8.56. The van der Waals surface area contributed by atoms with Crippen LogP contribution >= 0.6 is 15.9 Å². The Balaban J connectivity index is 1.56. The van der Waals surface area contributed by atoms with E-state index in [0.717, 1.165) is 15.8 Å². The van der Waals surface area contributed by atoms with E-state index in [2.05, 4.69) is 26.6 Å². The van der Waals surface area contributed by atoms with Gasteiger partial charge in [0.25, 0.3) is 0 Å². The zero-order valence-corrected chi connectivity index (χ0v) is 17.3. The number of hydrogen-bond donors (Lipinski definition) is 2. The number of halogens is 1. The summed E-state index contributed by atoms with van der Waals surface area (Å²) in [6.45, 7) is 0. The standard InChI is InChI=1S/C21H19BrN2O3S/c22-17-6-4-5-16(13-17)14-28(26,27)15-21(25)24-20-11-9-19(10-12-20)23-18-7-2-1-3-8-18/h1-13,23H,14-15H2,(H,24,25). The number of carbonyl (C=O) groups excluding carboxylic acids is 1. The molecule has 2 N–H and O–H groups in total. The summed E-state index contributed by atoms with van der Waals surface area (Å²) in [5.74, 6) is -1.30. The Morgan fingerprint density at radius 1 is 0.821 bits per heavy atom. The SMILES string of the molecule is O=C(CS(=O)(=O)Cc1cccc(Br)c1)Nc1ccc(Nc2ccccc2)cc1. The van der Waals surface area contributed by atoms with Crippen molar-refractivity contribution in [3.05, 3.63) is 88.9 Å². The lowest BCUT2D eigenvalue weighted by Gasteiger charge is -2.09. The normalized spacial score (nSPS) is 11.0. The lowest BCUT2D eigenvalue weighted by Crippen LogP contribution is -2.23. The second-order valence-corrected chi connectivity index (χ2v) is 9.26. The van der Waals surface area contributed by atoms with Gasteiger partial charge >= 0.3 is 0 Å². The van der Waals surface area contributed by atoms with Gasteiger partial charge in [-0.2, -0.15) is 0 Å². The van der Waals surface area contributed by atoms with Crippen molar-refractivity contribution in [2.45, 2.75) is 5.75 Å². The van der Waals surface area contributed by atoms with Crippen LogP contribution in [0.15, 0.2) is 83.3 Å². The highest BCUT2D eigenvalue weighted by atomic mass is 79.9. The number of nitrogens with one attached hydrogen (secondary N) is 2. The van der Waals surface area contributed by atoms with Crippen molar-refractivity contribution < 1.29 is 13.2 Å². The predicted octanol–water partition coefficient (Wildman–Crippen LogP) is 4.75. The lowest BCUT2D eigenvalue weighted by molar-refractivity contribution is -0.113. The zero-order valence-electron chi connectivity index (χ0n) is 14.9. The van der Waals surface area contributed by atoms with Gasteiger partial charge in [-0.25, -0.2) is 8.42 Å². The van der Waals surface area contributed by atoms with Gasteiger partial charge in [-0.1, -0.05) is 46.3 Å². The largest absolute Gasteiger partial charge is 0.356 e. The molecular weight excluding hydrogens is 440 g/mol. The third kappa shape index (κ3) is 6.21. The van der Waals surface area contributed by atoms with Crippen LogP contribution in [0.25, 0.3) is 0 Å². The van der Waals surface area contributed by atoms with E-state index in [4.69, 9.17) is 0 Å². The van der Waals surface area contributed by atoms with E-state index in [-0.39, 0.29) is 5.75 Å². The van der Waals surface area contributed by atoms with Gasteiger partial charge < -0.3 is 10.6 Å². The maximum atomic E-state index is 12.3. The second-order valence-electron chi connectivity index (χ2n) is 6.28. The summed E-state index contributed by atoms with van der Waals surface area (Å²) >= 11 is 3.31. The smallest absolute Gasteiger partial charge is 0.239 e. The number of anilines is 3. The molecule has 0 aromatic heterocycles. The molecule has 3 aromatic carbocycles. The van der Waals surface area contributed by atoms with E-state index in [9.17, 15) is 13.2 Å². The number of sulfone groups is 1. The summed E-state index contributed by atoms with van der Waals surface area (Å²) < 4.78 is 25.4. The Morgan fingerprint density at radius 2 is 1.46 bits per heavy atom. The van der Waals surface area contributed by atoms with Gasteiger partial charge in [-0.3, -0.25) is 4.79 Å². The highest BCUT2D eigenvalue weighted by Gasteiger charge is 2.17. The highest BCUT2D eigenvalue weighted by Crippen LogP contribution is 2.19. The fourth-order valence-corrected chi connectivity index (χ4v) is 4.36. The molecule has 0 saturated heterocycles. The van der Waals surface area contributed by atoms with Gasteiger partial charge in [0.1, 0.15) is 5.75 Å². The Labute approximate surface area is 172 Å². The number of hydrogen-bond acceptors (Lipinski definition) is 4. The van der Waals surface area contributed by atoms with Crippen LogP contribution < -0.4 is 10.6 Å². The van der Waals surface area contributed by atoms with Gasteiger partial charge in [0.05, 0.1) is 5.75 Å². The molecule has 0 radical (unpaired) electrons. The Morgan fingerprint density at radius 3 is 2.14 bits per heavy atom. The second kappa shape index (κ2) is 9.03. The first-order chi connectivity index (χ1) is 13.4. The molecule has 0 atom stereocenters. The van der Waals surface area contributed by atoms with Gasteiger partial charge in [0, 0.05) is 21.5 Å². The molecule has 3 rings (SSSR count). The molecule has 0 unspecified atom stereocenters. The van der Waals surface area contributed by atoms with Crippen molar-refractivity contribution in [3.8, 4) is 0 Å². The molecule has 0 saturated carbocycles. The van der Waals surface area contributed by atoms with E-state index in [1.165, 1.54) is 0 Å². The third-order valence-corrected chi connectivity index (χ3v) is 5.83. The summed E-state index contributed by atoms with van der Waals surface area (Å²) in [7, 11) is -3.56. The van der Waals surface area contributed by atoms with Crippen molar-refractivity contribution in [2.75, 3.05) is 16.4 Å². The van der Waals surface area contributed by atoms with Crippen LogP contribution in [0.2, 0.25) is 0 Å². The minimum absolute atomic E-state index is 0.181. The van der Waals surface area contributed by atoms with E-state index >= 15 is 0 Å². The number of para-hydroxylation sites is 1. The quantitative estimate of drug-likeness (QED) is 0.535. The Bertz CT molecular complexity index is 1050. The molecule has 144 valence electrons. The van der Waals surface area contributed by atoms with Crippen LogP contribution in [-0.2, 0) is 20.4 Å². The van der Waals surface area contributed by atoms with Crippen molar-refractivity contribution in [2.24, 2.45) is 0 Å². The van der Waals surface area contributed by atoms with Crippen molar-refractivity contribution in [3.63, 3.8) is 0 Å². The maximum Gasteiger partial charge on any atom is 0.239 e. The topological polar surface area (TPSA) is 75.3 Å². The van der Waals surface area contributed by atoms with Gasteiger partial charge in [0.15, 0.2) is 9.84 Å². The zero-order chi connectivity index (χ0) is 20.0. The summed E-state index contributed by atoms with van der Waals surface area (Å²) in [6.07, 6.45) is 0. The Hall–Kier alpha value is -2.64. The van der Waals surface area contributed by atoms with E-state index in [1.54, 1.807) is 30.3 Å². The molecule has 0 aliphatic carbocycles. The van der Waals surface area contributed by atoms with Crippen LogP contribution in [0.4, 0.5) is 17.1 Å². The highest BCUT2D eigenvalue weighted by molar-refractivity contribution is 9.10. The number of rotatable bonds is 7. The molecule has 0 heterocycles. The predicted molar refractivity (Wildman–Crippen MR) is 116 cm³/mol. The summed E-state index contributed by atoms with van der Waals surface area (Å²) in [6, 6.07) is 23.8. The number of carbonyl (C=O) groups is 1. The summed E-state index contributed by atoms with van der Waals surface area (Å²) in [5.41, 5.74) is 3.00. The molecule has 28 heavy (non-hydrogen) atoms. The van der Waals surface area contributed by atoms with Crippen molar-refractivity contribution >= 4 is 48.7 Å². The number of amides is 1. The number of benzene rings is 3. The van der Waals surface area contributed by atoms with Crippen LogP contribution in [0.1, 0.15) is 5.56 Å². The summed E-state index contributed by atoms with van der Waals surface area (Å²) in [4.78, 5) is 12.1. The van der Waals surface area contributed by atoms with Crippen molar-refractivity contribution in [1.29, 1.82) is 0 Å². The van der Waals surface area contributed by atoms with E-state index < -0.39 is 21.5 Å². The van der Waals surface area contributed by atoms with Crippen molar-refractivity contribution in [1.82, 2.24) is 0 Å². The average Bonchev–Trinajstić information content (AvgIpc) is 2.63. The molecule has 0 aliphatic heterocycles. The fraction of sp³-hybridized carbons (Fsp3) is 0.0952. The molecule has 0 spiro atoms. The van der Waals surface area contributed by atoms with Gasteiger partial charge in [-0.05, 0) is 54.1 Å². The minimum Gasteiger partial charge on any atom is -0.356 e. The Kier molecular flexibility index (Phi) is 6.49. The van der Waals surface area contributed by atoms with Gasteiger partial charge in [0.2, 0.25) is 5.91 Å². The summed E-state index contributed by atoms with van der Waals surface area (Å²) in [5, 5.41) is 5.87. The molecule has 1 amide bonds. The monoisotopic (exact) mass is 458 g/mol. The molecule has 7 heteroatoms. The van der Waals surface area contributed by atoms with E-state index in [1.807, 2.05) is 48.5 Å². The lowest BCUT2D eigenvalue weighted by atomic mass is 10.2. The van der Waals surface area contributed by atoms with Crippen LogP contribution in [0.3, 0.4) is 0 Å². The average molecular weight is 459 g/mol. The van der Waals surface area contributed by atoms with Crippen LogP contribution in [0, 0.1) is 0 Å². The molecule has 0 aliphatic rings. The van der Waals surface area contributed by atoms with Gasteiger partial charge in [-0.15, -0.1) is 0 Å². The molecule has 0 bridgehead atoms. The first kappa shape index (κ1) is 20.1. The molecule has 3 aromatic rings. The maximum absolute atomic E-state index is 12.3.